The highest BCUT2D eigenvalue weighted by Gasteiger charge is 2.20. The lowest BCUT2D eigenvalue weighted by atomic mass is 10.2. The topological polar surface area (TPSA) is 41.5 Å². The molecule has 0 atom stereocenters. The van der Waals surface area contributed by atoms with Crippen molar-refractivity contribution in [2.24, 2.45) is 0 Å². The first-order valence-corrected chi connectivity index (χ1v) is 10.4. The van der Waals surface area contributed by atoms with Crippen LogP contribution >= 0.6 is 22.7 Å². The van der Waals surface area contributed by atoms with E-state index in [0.717, 1.165) is 59.9 Å². The van der Waals surface area contributed by atoms with E-state index in [0.29, 0.717) is 0 Å². The van der Waals surface area contributed by atoms with Crippen LogP contribution in [0.2, 0.25) is 0 Å². The summed E-state index contributed by atoms with van der Waals surface area (Å²) >= 11 is 3.49. The van der Waals surface area contributed by atoms with Gasteiger partial charge in [-0.05, 0) is 31.2 Å². The predicted molar refractivity (Wildman–Crippen MR) is 108 cm³/mol. The van der Waals surface area contributed by atoms with Crippen LogP contribution in [0.1, 0.15) is 10.6 Å². The number of ether oxygens (including phenoxy) is 1. The zero-order valence-electron chi connectivity index (χ0n) is 15.0. The van der Waals surface area contributed by atoms with Gasteiger partial charge < -0.3 is 9.64 Å². The summed E-state index contributed by atoms with van der Waals surface area (Å²) in [4.78, 5) is 15.5. The quantitative estimate of drug-likeness (QED) is 0.665. The predicted octanol–water partition coefficient (Wildman–Crippen LogP) is 3.91. The Balaban J connectivity index is 1.34. The molecule has 1 fully saturated rings. The first-order valence-electron chi connectivity index (χ1n) is 8.70. The number of aryl methyl sites for hydroxylation is 1. The molecule has 0 N–H and O–H groups in total. The van der Waals surface area contributed by atoms with Crippen molar-refractivity contribution in [1.29, 1.82) is 0 Å². The van der Waals surface area contributed by atoms with Crippen LogP contribution in [0.15, 0.2) is 35.8 Å². The van der Waals surface area contributed by atoms with Crippen molar-refractivity contribution in [3.8, 4) is 16.3 Å². The molecule has 1 aliphatic rings. The third-order valence-corrected chi connectivity index (χ3v) is 6.44. The van der Waals surface area contributed by atoms with E-state index in [9.17, 15) is 0 Å². The molecule has 0 saturated carbocycles. The molecule has 136 valence electrons. The minimum atomic E-state index is 0.874. The number of nitrogens with zero attached hydrogens (tertiary/aromatic N) is 4. The van der Waals surface area contributed by atoms with Gasteiger partial charge >= 0.3 is 0 Å². The fourth-order valence-electron chi connectivity index (χ4n) is 3.06. The van der Waals surface area contributed by atoms with Crippen LogP contribution < -0.4 is 9.64 Å². The van der Waals surface area contributed by atoms with Gasteiger partial charge in [0.25, 0.3) is 0 Å². The maximum absolute atomic E-state index is 5.22. The monoisotopic (exact) mass is 386 g/mol. The molecule has 0 amide bonds. The van der Waals surface area contributed by atoms with Gasteiger partial charge in [-0.15, -0.1) is 22.7 Å². The fourth-order valence-corrected chi connectivity index (χ4v) is 4.69. The maximum Gasteiger partial charge on any atom is 0.185 e. The molecule has 7 heteroatoms. The van der Waals surface area contributed by atoms with Crippen LogP contribution in [0.3, 0.4) is 0 Å². The van der Waals surface area contributed by atoms with Gasteiger partial charge in [0.15, 0.2) is 5.13 Å². The lowest BCUT2D eigenvalue weighted by Crippen LogP contribution is -2.45. The van der Waals surface area contributed by atoms with Crippen molar-refractivity contribution in [1.82, 2.24) is 14.9 Å². The van der Waals surface area contributed by atoms with Crippen molar-refractivity contribution < 1.29 is 4.74 Å². The molecule has 3 heterocycles. The van der Waals surface area contributed by atoms with Crippen LogP contribution in [0.25, 0.3) is 10.6 Å². The average Bonchev–Trinajstić information content (AvgIpc) is 3.32. The van der Waals surface area contributed by atoms with Gasteiger partial charge in [-0.2, -0.15) is 0 Å². The largest absolute Gasteiger partial charge is 0.497 e. The Morgan fingerprint density at radius 1 is 1.12 bits per heavy atom. The Morgan fingerprint density at radius 2 is 1.88 bits per heavy atom. The zero-order chi connectivity index (χ0) is 17.9. The van der Waals surface area contributed by atoms with Crippen molar-refractivity contribution in [2.75, 3.05) is 38.2 Å². The molecule has 2 aromatic heterocycles. The van der Waals surface area contributed by atoms with Gasteiger partial charge in [0.05, 0.1) is 12.8 Å². The van der Waals surface area contributed by atoms with E-state index in [4.69, 9.17) is 9.72 Å². The Kier molecular flexibility index (Phi) is 5.19. The summed E-state index contributed by atoms with van der Waals surface area (Å²) in [6.45, 7) is 7.18. The normalized spacial score (nSPS) is 15.4. The smallest absolute Gasteiger partial charge is 0.185 e. The SMILES string of the molecule is COc1ccc(-c2nc(CN3CCN(c4ncc(C)s4)CC3)cs2)cc1. The van der Waals surface area contributed by atoms with Crippen molar-refractivity contribution in [2.45, 2.75) is 13.5 Å². The molecule has 3 aromatic rings. The van der Waals surface area contributed by atoms with Gasteiger partial charge in [0.1, 0.15) is 10.8 Å². The Morgan fingerprint density at radius 3 is 2.54 bits per heavy atom. The van der Waals surface area contributed by atoms with E-state index in [1.807, 2.05) is 18.3 Å². The molecule has 1 aliphatic heterocycles. The summed E-state index contributed by atoms with van der Waals surface area (Å²) < 4.78 is 5.22. The van der Waals surface area contributed by atoms with Gasteiger partial charge in [-0.3, -0.25) is 4.90 Å². The van der Waals surface area contributed by atoms with Crippen LogP contribution in [-0.2, 0) is 6.54 Å². The molecule has 1 aromatic carbocycles. The van der Waals surface area contributed by atoms with Crippen molar-refractivity contribution in [3.63, 3.8) is 0 Å². The van der Waals surface area contributed by atoms with Crippen LogP contribution in [0.4, 0.5) is 5.13 Å². The minimum Gasteiger partial charge on any atom is -0.497 e. The molecule has 5 nitrogen and oxygen atoms in total. The molecule has 26 heavy (non-hydrogen) atoms. The second-order valence-corrected chi connectivity index (χ2v) is 8.46. The number of benzene rings is 1. The lowest BCUT2D eigenvalue weighted by Gasteiger charge is -2.34. The van der Waals surface area contributed by atoms with Crippen LogP contribution in [0, 0.1) is 6.92 Å². The van der Waals surface area contributed by atoms with E-state index in [1.54, 1.807) is 29.8 Å². The molecule has 0 bridgehead atoms. The van der Waals surface area contributed by atoms with Gasteiger partial charge in [0.2, 0.25) is 0 Å². The Hall–Kier alpha value is -1.96. The fraction of sp³-hybridized carbons (Fsp3) is 0.368. The van der Waals surface area contributed by atoms with Crippen molar-refractivity contribution >= 4 is 27.8 Å². The van der Waals surface area contributed by atoms with Gasteiger partial charge in [0, 0.05) is 54.7 Å². The molecule has 0 spiro atoms. The maximum atomic E-state index is 5.22. The molecule has 0 unspecified atom stereocenters. The second kappa shape index (κ2) is 7.73. The number of piperazine rings is 1. The van der Waals surface area contributed by atoms with E-state index in [-0.39, 0.29) is 0 Å². The number of hydrogen-bond acceptors (Lipinski definition) is 7. The third kappa shape index (κ3) is 3.90. The van der Waals surface area contributed by atoms with Gasteiger partial charge in [-0.1, -0.05) is 0 Å². The van der Waals surface area contributed by atoms with Crippen molar-refractivity contribution in [3.05, 3.63) is 46.4 Å². The average molecular weight is 387 g/mol. The highest BCUT2D eigenvalue weighted by Crippen LogP contribution is 2.27. The number of thiazole rings is 2. The highest BCUT2D eigenvalue weighted by atomic mass is 32.1. The molecule has 0 aliphatic carbocycles. The molecular weight excluding hydrogens is 364 g/mol. The zero-order valence-corrected chi connectivity index (χ0v) is 16.6. The van der Waals surface area contributed by atoms with Crippen LogP contribution in [0.5, 0.6) is 5.75 Å². The number of methoxy groups -OCH3 is 1. The van der Waals surface area contributed by atoms with Gasteiger partial charge in [-0.25, -0.2) is 9.97 Å². The van der Waals surface area contributed by atoms with E-state index < -0.39 is 0 Å². The van der Waals surface area contributed by atoms with E-state index in [1.165, 1.54) is 4.88 Å². The number of hydrogen-bond donors (Lipinski definition) is 0. The minimum absolute atomic E-state index is 0.874. The first kappa shape index (κ1) is 17.5. The van der Waals surface area contributed by atoms with E-state index in [2.05, 4.69) is 39.2 Å². The lowest BCUT2D eigenvalue weighted by molar-refractivity contribution is 0.247. The number of aromatic nitrogens is 2. The summed E-state index contributed by atoms with van der Waals surface area (Å²) in [5.74, 6) is 0.874. The van der Waals surface area contributed by atoms with E-state index >= 15 is 0 Å². The molecule has 0 radical (unpaired) electrons. The summed E-state index contributed by atoms with van der Waals surface area (Å²) in [7, 11) is 1.69. The molecule has 4 rings (SSSR count). The summed E-state index contributed by atoms with van der Waals surface area (Å²) in [5, 5.41) is 4.40. The summed E-state index contributed by atoms with van der Waals surface area (Å²) in [5.41, 5.74) is 2.30. The highest BCUT2D eigenvalue weighted by molar-refractivity contribution is 7.15. The second-order valence-electron chi connectivity index (χ2n) is 6.39. The Bertz CT molecular complexity index is 851. The van der Waals surface area contributed by atoms with Crippen LogP contribution in [-0.4, -0.2) is 48.2 Å². The first-order chi connectivity index (χ1) is 12.7. The summed E-state index contributed by atoms with van der Waals surface area (Å²) in [6.07, 6.45) is 1.96. The Labute approximate surface area is 161 Å². The third-order valence-electron chi connectivity index (χ3n) is 4.53. The summed E-state index contributed by atoms with van der Waals surface area (Å²) in [6, 6.07) is 8.10. The molecular formula is C19H22N4OS2. The number of rotatable bonds is 5. The number of anilines is 1. The molecule has 1 saturated heterocycles. The standard InChI is InChI=1S/C19H22N4OS2/c1-14-11-20-19(26-14)23-9-7-22(8-10-23)12-16-13-25-18(21-16)15-3-5-17(24-2)6-4-15/h3-6,11,13H,7-10,12H2,1-2H3.